The molecule has 0 bridgehead atoms. The number of hydrogen-bond acceptors (Lipinski definition) is 4. The molecule has 0 aliphatic carbocycles. The molecule has 2 atom stereocenters. The van der Waals surface area contributed by atoms with Crippen molar-refractivity contribution in [3.63, 3.8) is 0 Å². The first-order valence-corrected chi connectivity index (χ1v) is 10.4. The van der Waals surface area contributed by atoms with Gasteiger partial charge in [0.15, 0.2) is 0 Å². The van der Waals surface area contributed by atoms with Gasteiger partial charge in [-0.2, -0.15) is 0 Å². The highest BCUT2D eigenvalue weighted by Gasteiger charge is 2.39. The molecule has 8 heteroatoms. The van der Waals surface area contributed by atoms with E-state index in [0.29, 0.717) is 17.7 Å². The Balaban J connectivity index is 1.33. The van der Waals surface area contributed by atoms with Crippen LogP contribution < -0.4 is 15.5 Å². The molecule has 3 aliphatic heterocycles. The lowest BCUT2D eigenvalue weighted by molar-refractivity contribution is -0.136. The first kappa shape index (κ1) is 19.3. The van der Waals surface area contributed by atoms with Crippen LogP contribution in [0, 0.1) is 0 Å². The van der Waals surface area contributed by atoms with E-state index in [1.807, 2.05) is 31.2 Å². The zero-order chi connectivity index (χ0) is 21.7. The fraction of sp³-hybridized carbons (Fsp3) is 0.304. The Hall–Kier alpha value is -3.68. The van der Waals surface area contributed by atoms with E-state index in [1.165, 1.54) is 4.90 Å². The van der Waals surface area contributed by atoms with Crippen molar-refractivity contribution in [2.75, 3.05) is 10.2 Å². The van der Waals surface area contributed by atoms with Crippen molar-refractivity contribution in [3.8, 4) is 0 Å². The molecule has 0 radical (unpaired) electrons. The Morgan fingerprint density at radius 1 is 1.10 bits per heavy atom. The number of urea groups is 1. The van der Waals surface area contributed by atoms with Crippen LogP contribution in [0.4, 0.5) is 16.2 Å². The highest BCUT2D eigenvalue weighted by molar-refractivity contribution is 6.07. The summed E-state index contributed by atoms with van der Waals surface area (Å²) < 4.78 is 0. The lowest BCUT2D eigenvalue weighted by atomic mass is 10.0. The largest absolute Gasteiger partial charge is 0.326 e. The standard InChI is InChI=1S/C23H22N4O4/c1-13-10-14-4-2-3-5-18(14)27(13)23(31)24-16-6-7-17-15(11-16)12-26(22(17)30)19-8-9-20(28)25-21(19)29/h2-7,11,13,19H,8-10,12H2,1H3,(H,24,31)(H,25,28,29). The van der Waals surface area contributed by atoms with Gasteiger partial charge < -0.3 is 10.2 Å². The Morgan fingerprint density at radius 3 is 2.71 bits per heavy atom. The van der Waals surface area contributed by atoms with Crippen LogP contribution >= 0.6 is 0 Å². The number of piperidine rings is 1. The van der Waals surface area contributed by atoms with Gasteiger partial charge in [-0.15, -0.1) is 0 Å². The third-order valence-electron chi connectivity index (χ3n) is 6.20. The Labute approximate surface area is 179 Å². The van der Waals surface area contributed by atoms with E-state index in [0.717, 1.165) is 23.2 Å². The van der Waals surface area contributed by atoms with Crippen molar-refractivity contribution in [2.45, 2.75) is 44.8 Å². The molecular formula is C23H22N4O4. The summed E-state index contributed by atoms with van der Waals surface area (Å²) in [6, 6.07) is 12.2. The number of hydrogen-bond donors (Lipinski definition) is 2. The third-order valence-corrected chi connectivity index (χ3v) is 6.20. The molecule has 5 rings (SSSR count). The van der Waals surface area contributed by atoms with Crippen molar-refractivity contribution in [3.05, 3.63) is 59.2 Å². The van der Waals surface area contributed by atoms with Gasteiger partial charge in [-0.25, -0.2) is 4.79 Å². The molecule has 3 aliphatic rings. The zero-order valence-electron chi connectivity index (χ0n) is 17.1. The predicted octanol–water partition coefficient (Wildman–Crippen LogP) is 2.43. The molecule has 0 aromatic heterocycles. The number of carbonyl (C=O) groups excluding carboxylic acids is 4. The van der Waals surface area contributed by atoms with E-state index in [4.69, 9.17) is 0 Å². The van der Waals surface area contributed by atoms with Gasteiger partial charge in [0.25, 0.3) is 5.91 Å². The average molecular weight is 418 g/mol. The monoisotopic (exact) mass is 418 g/mol. The van der Waals surface area contributed by atoms with Gasteiger partial charge >= 0.3 is 6.03 Å². The molecule has 2 aromatic rings. The highest BCUT2D eigenvalue weighted by atomic mass is 16.2. The van der Waals surface area contributed by atoms with Gasteiger partial charge in [0.1, 0.15) is 6.04 Å². The molecule has 3 heterocycles. The molecule has 1 fully saturated rings. The lowest BCUT2D eigenvalue weighted by Crippen LogP contribution is -2.52. The fourth-order valence-electron chi connectivity index (χ4n) is 4.71. The second-order valence-corrected chi connectivity index (χ2v) is 8.25. The van der Waals surface area contributed by atoms with Crippen LogP contribution in [0.25, 0.3) is 0 Å². The summed E-state index contributed by atoms with van der Waals surface area (Å²) in [5.41, 5.74) is 3.92. The number of rotatable bonds is 2. The molecule has 2 unspecified atom stereocenters. The van der Waals surface area contributed by atoms with E-state index < -0.39 is 11.9 Å². The van der Waals surface area contributed by atoms with Gasteiger partial charge in [0.05, 0.1) is 0 Å². The van der Waals surface area contributed by atoms with Crippen LogP contribution in [-0.2, 0) is 22.6 Å². The van der Waals surface area contributed by atoms with Crippen LogP contribution in [0.15, 0.2) is 42.5 Å². The quantitative estimate of drug-likeness (QED) is 0.732. The fourth-order valence-corrected chi connectivity index (χ4v) is 4.71. The number of nitrogens with one attached hydrogen (secondary N) is 2. The molecule has 0 saturated carbocycles. The van der Waals surface area contributed by atoms with Gasteiger partial charge in [-0.05, 0) is 55.2 Å². The van der Waals surface area contributed by atoms with Gasteiger partial charge in [0, 0.05) is 35.9 Å². The van der Waals surface area contributed by atoms with Crippen molar-refractivity contribution < 1.29 is 19.2 Å². The number of benzene rings is 2. The van der Waals surface area contributed by atoms with E-state index in [-0.39, 0.29) is 36.9 Å². The minimum absolute atomic E-state index is 0.0522. The molecule has 1 saturated heterocycles. The Bertz CT molecular complexity index is 1130. The smallest absolute Gasteiger partial charge is 0.322 e. The van der Waals surface area contributed by atoms with Crippen LogP contribution in [0.1, 0.15) is 41.3 Å². The summed E-state index contributed by atoms with van der Waals surface area (Å²) in [4.78, 5) is 52.7. The number of amides is 5. The van der Waals surface area contributed by atoms with Gasteiger partial charge in [-0.1, -0.05) is 18.2 Å². The topological polar surface area (TPSA) is 98.8 Å². The molecule has 31 heavy (non-hydrogen) atoms. The summed E-state index contributed by atoms with van der Waals surface area (Å²) in [7, 11) is 0. The van der Waals surface area contributed by atoms with Crippen LogP contribution in [0.2, 0.25) is 0 Å². The number of carbonyl (C=O) groups is 4. The minimum atomic E-state index is -0.655. The van der Waals surface area contributed by atoms with Crippen molar-refractivity contribution in [1.29, 1.82) is 0 Å². The summed E-state index contributed by atoms with van der Waals surface area (Å²) in [5, 5.41) is 5.24. The maximum Gasteiger partial charge on any atom is 0.326 e. The molecule has 0 spiro atoms. The van der Waals surface area contributed by atoms with E-state index in [2.05, 4.69) is 10.6 Å². The van der Waals surface area contributed by atoms with Gasteiger partial charge in [-0.3, -0.25) is 24.6 Å². The Morgan fingerprint density at radius 2 is 1.90 bits per heavy atom. The van der Waals surface area contributed by atoms with E-state index >= 15 is 0 Å². The third kappa shape index (κ3) is 3.24. The van der Waals surface area contributed by atoms with Crippen molar-refractivity contribution >= 4 is 35.1 Å². The van der Waals surface area contributed by atoms with Crippen molar-refractivity contribution in [1.82, 2.24) is 10.2 Å². The van der Waals surface area contributed by atoms with E-state index in [9.17, 15) is 19.2 Å². The first-order chi connectivity index (χ1) is 14.9. The Kier molecular flexibility index (Phi) is 4.50. The molecule has 8 nitrogen and oxygen atoms in total. The molecule has 158 valence electrons. The SMILES string of the molecule is CC1Cc2ccccc2N1C(=O)Nc1ccc2c(c1)CN(C1CCC(=O)NC1=O)C2=O. The van der Waals surface area contributed by atoms with Gasteiger partial charge in [0.2, 0.25) is 11.8 Å². The summed E-state index contributed by atoms with van der Waals surface area (Å²) in [6.07, 6.45) is 1.34. The summed E-state index contributed by atoms with van der Waals surface area (Å²) in [6.45, 7) is 2.28. The maximum atomic E-state index is 13.0. The highest BCUT2D eigenvalue weighted by Crippen LogP contribution is 2.33. The lowest BCUT2D eigenvalue weighted by Gasteiger charge is -2.29. The normalized spacial score (nSPS) is 22.3. The summed E-state index contributed by atoms with van der Waals surface area (Å²) >= 11 is 0. The van der Waals surface area contributed by atoms with E-state index in [1.54, 1.807) is 23.1 Å². The second-order valence-electron chi connectivity index (χ2n) is 8.25. The molecule has 2 N–H and O–H groups in total. The van der Waals surface area contributed by atoms with Crippen LogP contribution in [0.3, 0.4) is 0 Å². The number of para-hydroxylation sites is 1. The maximum absolute atomic E-state index is 13.0. The number of imide groups is 1. The molecule has 2 aromatic carbocycles. The number of fused-ring (bicyclic) bond motifs is 2. The molecule has 5 amide bonds. The summed E-state index contributed by atoms with van der Waals surface area (Å²) in [5.74, 6) is -0.981. The first-order valence-electron chi connectivity index (χ1n) is 10.4. The average Bonchev–Trinajstić information content (AvgIpc) is 3.24. The van der Waals surface area contributed by atoms with Crippen molar-refractivity contribution in [2.24, 2.45) is 0 Å². The number of nitrogens with zero attached hydrogens (tertiary/aromatic N) is 2. The van der Waals surface area contributed by atoms with Crippen LogP contribution in [0.5, 0.6) is 0 Å². The zero-order valence-corrected chi connectivity index (χ0v) is 17.1. The van der Waals surface area contributed by atoms with Crippen LogP contribution in [-0.4, -0.2) is 40.7 Å². The second kappa shape index (κ2) is 7.23. The number of anilines is 2. The minimum Gasteiger partial charge on any atom is -0.322 e. The predicted molar refractivity (Wildman–Crippen MR) is 114 cm³/mol. The molecular weight excluding hydrogens is 396 g/mol.